The number of halogens is 1. The van der Waals surface area contributed by atoms with Gasteiger partial charge in [-0.2, -0.15) is 0 Å². The highest BCUT2D eigenvalue weighted by Gasteiger charge is 2.47. The van der Waals surface area contributed by atoms with E-state index in [1.165, 1.54) is 23.3 Å². The first-order valence-corrected chi connectivity index (χ1v) is 11.2. The summed E-state index contributed by atoms with van der Waals surface area (Å²) < 4.78 is 13.6. The Balaban J connectivity index is 1.50. The standard InChI is InChI=1S/C25H30FN3O/c1-27-17-13-25(14-18-27)12-4-15-29(25)24(30)28-16-11-19-5-2-3-6-22(19)23(28)20-7-9-21(26)10-8-20/h2-3,5-10,23H,4,11-18H2,1H3/t23-/m0/s1. The molecule has 1 spiro atoms. The zero-order valence-corrected chi connectivity index (χ0v) is 17.7. The fraction of sp³-hybridized carbons (Fsp3) is 0.480. The summed E-state index contributed by atoms with van der Waals surface area (Å²) in [6.07, 6.45) is 5.17. The highest BCUT2D eigenvalue weighted by Crippen LogP contribution is 2.42. The van der Waals surface area contributed by atoms with E-state index >= 15 is 0 Å². The molecule has 0 N–H and O–H groups in total. The van der Waals surface area contributed by atoms with Gasteiger partial charge in [-0.25, -0.2) is 9.18 Å². The molecule has 0 aromatic heterocycles. The molecule has 0 bridgehead atoms. The predicted molar refractivity (Wildman–Crippen MR) is 116 cm³/mol. The third kappa shape index (κ3) is 3.29. The van der Waals surface area contributed by atoms with Crippen LogP contribution in [0.3, 0.4) is 0 Å². The number of carbonyl (C=O) groups excluding carboxylic acids is 1. The minimum Gasteiger partial charge on any atom is -0.319 e. The van der Waals surface area contributed by atoms with E-state index in [4.69, 9.17) is 0 Å². The summed E-state index contributed by atoms with van der Waals surface area (Å²) in [4.78, 5) is 20.6. The van der Waals surface area contributed by atoms with Crippen LogP contribution in [0.4, 0.5) is 9.18 Å². The number of hydrogen-bond acceptors (Lipinski definition) is 2. The molecule has 5 heteroatoms. The van der Waals surface area contributed by atoms with E-state index in [-0.39, 0.29) is 23.4 Å². The molecule has 0 unspecified atom stereocenters. The van der Waals surface area contributed by atoms with Gasteiger partial charge in [0.25, 0.3) is 0 Å². The Labute approximate surface area is 178 Å². The molecule has 4 nitrogen and oxygen atoms in total. The van der Waals surface area contributed by atoms with E-state index in [2.05, 4.69) is 35.0 Å². The van der Waals surface area contributed by atoms with Crippen LogP contribution in [0.2, 0.25) is 0 Å². The number of piperidine rings is 1. The van der Waals surface area contributed by atoms with Crippen molar-refractivity contribution in [3.63, 3.8) is 0 Å². The quantitative estimate of drug-likeness (QED) is 0.698. The van der Waals surface area contributed by atoms with E-state index in [1.807, 2.05) is 23.1 Å². The smallest absolute Gasteiger partial charge is 0.319 e. The van der Waals surface area contributed by atoms with Crippen molar-refractivity contribution in [2.75, 3.05) is 33.2 Å². The highest BCUT2D eigenvalue weighted by atomic mass is 19.1. The summed E-state index contributed by atoms with van der Waals surface area (Å²) in [6, 6.07) is 15.0. The lowest BCUT2D eigenvalue weighted by atomic mass is 9.85. The Morgan fingerprint density at radius 3 is 2.47 bits per heavy atom. The maximum atomic E-state index is 14.0. The van der Waals surface area contributed by atoms with Gasteiger partial charge in [-0.05, 0) is 68.0 Å². The average Bonchev–Trinajstić information content (AvgIpc) is 3.18. The van der Waals surface area contributed by atoms with Gasteiger partial charge in [0, 0.05) is 31.7 Å². The van der Waals surface area contributed by atoms with Gasteiger partial charge >= 0.3 is 6.03 Å². The first kappa shape index (κ1) is 19.6. The fourth-order valence-corrected chi connectivity index (χ4v) is 5.72. The van der Waals surface area contributed by atoms with Crippen molar-refractivity contribution in [3.8, 4) is 0 Å². The van der Waals surface area contributed by atoms with Crippen LogP contribution in [0.15, 0.2) is 48.5 Å². The van der Waals surface area contributed by atoms with Gasteiger partial charge in [0.2, 0.25) is 0 Å². The normalized spacial score (nSPS) is 23.6. The van der Waals surface area contributed by atoms with Crippen molar-refractivity contribution >= 4 is 6.03 Å². The SMILES string of the molecule is CN1CCC2(CCCN2C(=O)N2CCc3ccccc3[C@@H]2c2ccc(F)cc2)CC1. The zero-order chi connectivity index (χ0) is 20.7. The Kier molecular flexibility index (Phi) is 5.02. The van der Waals surface area contributed by atoms with Gasteiger partial charge in [0.1, 0.15) is 5.82 Å². The molecule has 30 heavy (non-hydrogen) atoms. The van der Waals surface area contributed by atoms with Gasteiger partial charge in [0.15, 0.2) is 0 Å². The number of benzene rings is 2. The third-order valence-electron chi connectivity index (χ3n) is 7.46. The summed E-state index contributed by atoms with van der Waals surface area (Å²) in [5.74, 6) is -0.245. The van der Waals surface area contributed by atoms with Crippen LogP contribution in [0.5, 0.6) is 0 Å². The maximum Gasteiger partial charge on any atom is 0.321 e. The largest absolute Gasteiger partial charge is 0.321 e. The van der Waals surface area contributed by atoms with Crippen molar-refractivity contribution < 1.29 is 9.18 Å². The predicted octanol–water partition coefficient (Wildman–Crippen LogP) is 4.45. The van der Waals surface area contributed by atoms with Crippen molar-refractivity contribution in [2.45, 2.75) is 43.7 Å². The molecule has 0 radical (unpaired) electrons. The van der Waals surface area contributed by atoms with Crippen LogP contribution < -0.4 is 0 Å². The Hall–Kier alpha value is -2.40. The molecule has 2 saturated heterocycles. The zero-order valence-electron chi connectivity index (χ0n) is 17.7. The number of nitrogens with zero attached hydrogens (tertiary/aromatic N) is 3. The molecule has 3 heterocycles. The van der Waals surface area contributed by atoms with Crippen molar-refractivity contribution in [1.82, 2.24) is 14.7 Å². The molecule has 0 saturated carbocycles. The van der Waals surface area contributed by atoms with Crippen LogP contribution >= 0.6 is 0 Å². The first-order chi connectivity index (χ1) is 14.6. The van der Waals surface area contributed by atoms with Crippen LogP contribution in [-0.4, -0.2) is 59.5 Å². The summed E-state index contributed by atoms with van der Waals surface area (Å²) in [7, 11) is 2.17. The molecule has 5 rings (SSSR count). The Morgan fingerprint density at radius 2 is 1.70 bits per heavy atom. The van der Waals surface area contributed by atoms with E-state index in [1.54, 1.807) is 0 Å². The van der Waals surface area contributed by atoms with Crippen molar-refractivity contribution in [2.24, 2.45) is 0 Å². The van der Waals surface area contributed by atoms with Crippen LogP contribution in [0, 0.1) is 5.82 Å². The summed E-state index contributed by atoms with van der Waals surface area (Å²) >= 11 is 0. The van der Waals surface area contributed by atoms with Gasteiger partial charge in [-0.3, -0.25) is 0 Å². The monoisotopic (exact) mass is 407 g/mol. The number of likely N-dealkylation sites (tertiary alicyclic amines) is 2. The topological polar surface area (TPSA) is 26.8 Å². The number of hydrogen-bond donors (Lipinski definition) is 0. The third-order valence-corrected chi connectivity index (χ3v) is 7.46. The van der Waals surface area contributed by atoms with Crippen molar-refractivity contribution in [3.05, 3.63) is 71.0 Å². The van der Waals surface area contributed by atoms with E-state index in [0.717, 1.165) is 57.3 Å². The maximum absolute atomic E-state index is 14.0. The van der Waals surface area contributed by atoms with Crippen LogP contribution in [0.1, 0.15) is 48.4 Å². The first-order valence-electron chi connectivity index (χ1n) is 11.2. The summed E-state index contributed by atoms with van der Waals surface area (Å²) in [5.41, 5.74) is 3.44. The lowest BCUT2D eigenvalue weighted by Gasteiger charge is -2.47. The Morgan fingerprint density at radius 1 is 0.967 bits per heavy atom. The second-order valence-electron chi connectivity index (χ2n) is 9.16. The molecule has 2 aromatic carbocycles. The molecule has 3 aliphatic heterocycles. The van der Waals surface area contributed by atoms with E-state index in [9.17, 15) is 9.18 Å². The molecule has 1 atom stereocenters. The molecule has 158 valence electrons. The fourth-order valence-electron chi connectivity index (χ4n) is 5.72. The van der Waals surface area contributed by atoms with Gasteiger partial charge in [0.05, 0.1) is 6.04 Å². The molecule has 2 aromatic rings. The van der Waals surface area contributed by atoms with Crippen LogP contribution in [-0.2, 0) is 6.42 Å². The molecule has 0 aliphatic carbocycles. The molecular formula is C25H30FN3O. The minimum atomic E-state index is -0.245. The van der Waals surface area contributed by atoms with Gasteiger partial charge in [-0.1, -0.05) is 36.4 Å². The minimum absolute atomic E-state index is 0.00784. The molecule has 2 fully saturated rings. The number of urea groups is 1. The van der Waals surface area contributed by atoms with E-state index in [0.29, 0.717) is 6.54 Å². The van der Waals surface area contributed by atoms with Crippen molar-refractivity contribution in [1.29, 1.82) is 0 Å². The Bertz CT molecular complexity index is 920. The summed E-state index contributed by atoms with van der Waals surface area (Å²) in [6.45, 7) is 3.64. The average molecular weight is 408 g/mol. The van der Waals surface area contributed by atoms with Crippen LogP contribution in [0.25, 0.3) is 0 Å². The number of fused-ring (bicyclic) bond motifs is 1. The summed E-state index contributed by atoms with van der Waals surface area (Å²) in [5, 5.41) is 0. The lowest BCUT2D eigenvalue weighted by molar-refractivity contribution is 0.0595. The number of amides is 2. The number of rotatable bonds is 1. The second kappa shape index (κ2) is 7.69. The number of carbonyl (C=O) groups is 1. The van der Waals surface area contributed by atoms with E-state index < -0.39 is 0 Å². The van der Waals surface area contributed by atoms with Gasteiger partial charge in [-0.15, -0.1) is 0 Å². The molecule has 3 aliphatic rings. The van der Waals surface area contributed by atoms with Gasteiger partial charge < -0.3 is 14.7 Å². The molecular weight excluding hydrogens is 377 g/mol. The highest BCUT2D eigenvalue weighted by molar-refractivity contribution is 5.77. The molecule has 2 amide bonds. The second-order valence-corrected chi connectivity index (χ2v) is 9.16. The lowest BCUT2D eigenvalue weighted by Crippen LogP contribution is -2.58.